The lowest BCUT2D eigenvalue weighted by Crippen LogP contribution is -2.40. The molecule has 0 spiro atoms. The highest BCUT2D eigenvalue weighted by atomic mass is 16.5. The van der Waals surface area contributed by atoms with Crippen LogP contribution in [0.25, 0.3) is 11.3 Å². The maximum Gasteiger partial charge on any atom is 0.321 e. The monoisotopic (exact) mass is 446 g/mol. The minimum atomic E-state index is -0.0384. The van der Waals surface area contributed by atoms with Crippen LogP contribution in [-0.2, 0) is 6.54 Å². The standard InChI is InChI=1S/C27H34N4O2/c1-20-13-16-30(17-14-20)27(32)29-25-21(2)9-7-12-24(25)33-18-8-15-31-19-28-26(22(31)3)23-10-5-4-6-11-23/h4-7,9-12,19-20H,8,13-18H2,1-3H3,(H,29,32). The molecule has 6 nitrogen and oxygen atoms in total. The van der Waals surface area contributed by atoms with Crippen molar-refractivity contribution in [1.29, 1.82) is 0 Å². The molecule has 2 heterocycles. The molecule has 0 saturated carbocycles. The van der Waals surface area contributed by atoms with Crippen LogP contribution in [0.5, 0.6) is 5.75 Å². The maximum atomic E-state index is 12.8. The number of nitrogens with one attached hydrogen (secondary N) is 1. The Balaban J connectivity index is 1.33. The van der Waals surface area contributed by atoms with Crippen LogP contribution >= 0.6 is 0 Å². The molecule has 1 N–H and O–H groups in total. The molecular weight excluding hydrogens is 412 g/mol. The van der Waals surface area contributed by atoms with Gasteiger partial charge in [-0.1, -0.05) is 49.4 Å². The number of piperidine rings is 1. The minimum Gasteiger partial charge on any atom is -0.491 e. The summed E-state index contributed by atoms with van der Waals surface area (Å²) in [5.41, 5.74) is 5.08. The fourth-order valence-corrected chi connectivity index (χ4v) is 4.28. The van der Waals surface area contributed by atoms with E-state index in [0.717, 1.165) is 72.8 Å². The first kappa shape index (κ1) is 22.9. The summed E-state index contributed by atoms with van der Waals surface area (Å²) in [4.78, 5) is 19.3. The third-order valence-corrected chi connectivity index (χ3v) is 6.49. The first-order chi connectivity index (χ1) is 16.0. The Hall–Kier alpha value is -3.28. The summed E-state index contributed by atoms with van der Waals surface area (Å²) in [5, 5.41) is 3.10. The van der Waals surface area contributed by atoms with Crippen molar-refractivity contribution in [3.63, 3.8) is 0 Å². The predicted molar refractivity (Wildman–Crippen MR) is 133 cm³/mol. The number of imidazole rings is 1. The average molecular weight is 447 g/mol. The summed E-state index contributed by atoms with van der Waals surface area (Å²) in [5.74, 6) is 1.41. The van der Waals surface area contributed by atoms with Gasteiger partial charge in [-0.2, -0.15) is 0 Å². The molecule has 6 heteroatoms. The fraction of sp³-hybridized carbons (Fsp3) is 0.407. The molecule has 2 amide bonds. The number of benzene rings is 2. The van der Waals surface area contributed by atoms with Gasteiger partial charge in [-0.3, -0.25) is 0 Å². The first-order valence-corrected chi connectivity index (χ1v) is 11.9. The number of likely N-dealkylation sites (tertiary alicyclic amines) is 1. The van der Waals surface area contributed by atoms with E-state index in [1.807, 2.05) is 54.5 Å². The number of urea groups is 1. The van der Waals surface area contributed by atoms with Crippen LogP contribution < -0.4 is 10.1 Å². The van der Waals surface area contributed by atoms with Gasteiger partial charge in [0.2, 0.25) is 0 Å². The summed E-state index contributed by atoms with van der Waals surface area (Å²) in [6.45, 7) is 9.36. The average Bonchev–Trinajstić information content (AvgIpc) is 3.19. The van der Waals surface area contributed by atoms with E-state index in [1.54, 1.807) is 0 Å². The molecule has 1 fully saturated rings. The van der Waals surface area contributed by atoms with Gasteiger partial charge in [-0.25, -0.2) is 9.78 Å². The Morgan fingerprint density at radius 1 is 1.09 bits per heavy atom. The molecule has 1 saturated heterocycles. The van der Waals surface area contributed by atoms with Gasteiger partial charge in [0.05, 0.1) is 24.3 Å². The highest BCUT2D eigenvalue weighted by Crippen LogP contribution is 2.29. The molecule has 0 aliphatic carbocycles. The van der Waals surface area contributed by atoms with Crippen LogP contribution in [0.15, 0.2) is 54.9 Å². The molecule has 4 rings (SSSR count). The lowest BCUT2D eigenvalue weighted by Gasteiger charge is -2.30. The summed E-state index contributed by atoms with van der Waals surface area (Å²) in [6, 6.07) is 16.1. The van der Waals surface area contributed by atoms with Gasteiger partial charge < -0.3 is 19.5 Å². The number of ether oxygens (including phenoxy) is 1. The highest BCUT2D eigenvalue weighted by molar-refractivity contribution is 5.92. The molecular formula is C27H34N4O2. The Morgan fingerprint density at radius 2 is 1.85 bits per heavy atom. The Morgan fingerprint density at radius 3 is 2.61 bits per heavy atom. The van der Waals surface area contributed by atoms with Gasteiger partial charge in [-0.05, 0) is 50.7 Å². The van der Waals surface area contributed by atoms with Crippen LogP contribution in [0, 0.1) is 19.8 Å². The number of hydrogen-bond acceptors (Lipinski definition) is 3. The molecule has 0 unspecified atom stereocenters. The molecule has 0 bridgehead atoms. The zero-order valence-electron chi connectivity index (χ0n) is 19.9. The number of aromatic nitrogens is 2. The third-order valence-electron chi connectivity index (χ3n) is 6.49. The smallest absolute Gasteiger partial charge is 0.321 e. The van der Waals surface area contributed by atoms with E-state index in [0.29, 0.717) is 12.5 Å². The molecule has 1 aliphatic rings. The second-order valence-corrected chi connectivity index (χ2v) is 8.99. The van der Waals surface area contributed by atoms with Crippen molar-refractivity contribution in [2.45, 2.75) is 46.6 Å². The van der Waals surface area contributed by atoms with Gasteiger partial charge >= 0.3 is 6.03 Å². The number of anilines is 1. The maximum absolute atomic E-state index is 12.8. The number of para-hydroxylation sites is 1. The third kappa shape index (κ3) is 5.56. The van der Waals surface area contributed by atoms with Gasteiger partial charge in [0.15, 0.2) is 0 Å². The zero-order valence-corrected chi connectivity index (χ0v) is 19.9. The van der Waals surface area contributed by atoms with Crippen LogP contribution in [-0.4, -0.2) is 40.2 Å². The normalized spacial score (nSPS) is 14.3. The van der Waals surface area contributed by atoms with Crippen molar-refractivity contribution in [3.05, 3.63) is 66.1 Å². The molecule has 3 aromatic rings. The van der Waals surface area contributed by atoms with E-state index < -0.39 is 0 Å². The van der Waals surface area contributed by atoms with Crippen molar-refractivity contribution >= 4 is 11.7 Å². The minimum absolute atomic E-state index is 0.0384. The van der Waals surface area contributed by atoms with Crippen molar-refractivity contribution in [1.82, 2.24) is 14.5 Å². The van der Waals surface area contributed by atoms with Gasteiger partial charge in [0, 0.05) is 30.9 Å². The molecule has 1 aromatic heterocycles. The van der Waals surface area contributed by atoms with E-state index in [1.165, 1.54) is 0 Å². The molecule has 33 heavy (non-hydrogen) atoms. The van der Waals surface area contributed by atoms with E-state index in [9.17, 15) is 4.79 Å². The first-order valence-electron chi connectivity index (χ1n) is 11.9. The molecule has 0 atom stereocenters. The van der Waals surface area contributed by atoms with Gasteiger partial charge in [0.1, 0.15) is 5.75 Å². The van der Waals surface area contributed by atoms with Crippen molar-refractivity contribution < 1.29 is 9.53 Å². The van der Waals surface area contributed by atoms with Crippen molar-refractivity contribution in [3.8, 4) is 17.0 Å². The molecule has 0 radical (unpaired) electrons. The van der Waals surface area contributed by atoms with Gasteiger partial charge in [-0.15, -0.1) is 0 Å². The number of nitrogens with zero attached hydrogens (tertiary/aromatic N) is 3. The van der Waals surface area contributed by atoms with Crippen LogP contribution in [0.4, 0.5) is 10.5 Å². The van der Waals surface area contributed by atoms with Crippen molar-refractivity contribution in [2.24, 2.45) is 5.92 Å². The topological polar surface area (TPSA) is 59.4 Å². The van der Waals surface area contributed by atoms with Crippen LogP contribution in [0.3, 0.4) is 0 Å². The summed E-state index contributed by atoms with van der Waals surface area (Å²) >= 11 is 0. The van der Waals surface area contributed by atoms with E-state index in [-0.39, 0.29) is 6.03 Å². The van der Waals surface area contributed by atoms with E-state index in [4.69, 9.17) is 4.74 Å². The van der Waals surface area contributed by atoms with E-state index in [2.05, 4.69) is 40.8 Å². The number of rotatable bonds is 7. The SMILES string of the molecule is Cc1cccc(OCCCn2cnc(-c3ccccc3)c2C)c1NC(=O)N1CCC(C)CC1. The number of amides is 2. The van der Waals surface area contributed by atoms with Crippen LogP contribution in [0.2, 0.25) is 0 Å². The summed E-state index contributed by atoms with van der Waals surface area (Å²) < 4.78 is 8.28. The quantitative estimate of drug-likeness (QED) is 0.460. The van der Waals surface area contributed by atoms with Gasteiger partial charge in [0.25, 0.3) is 0 Å². The predicted octanol–water partition coefficient (Wildman–Crippen LogP) is 5.90. The Labute approximate surface area is 196 Å². The molecule has 174 valence electrons. The second-order valence-electron chi connectivity index (χ2n) is 8.99. The largest absolute Gasteiger partial charge is 0.491 e. The number of hydrogen-bond donors (Lipinski definition) is 1. The number of carbonyl (C=O) groups is 1. The zero-order chi connectivity index (χ0) is 23.2. The van der Waals surface area contributed by atoms with E-state index >= 15 is 0 Å². The Bertz CT molecular complexity index is 1070. The number of carbonyl (C=O) groups excluding carboxylic acids is 1. The fourth-order valence-electron chi connectivity index (χ4n) is 4.28. The van der Waals surface area contributed by atoms with Crippen LogP contribution in [0.1, 0.15) is 37.4 Å². The number of aryl methyl sites for hydroxylation is 2. The second kappa shape index (κ2) is 10.6. The highest BCUT2D eigenvalue weighted by Gasteiger charge is 2.21. The lowest BCUT2D eigenvalue weighted by molar-refractivity contribution is 0.186. The molecule has 2 aromatic carbocycles. The summed E-state index contributed by atoms with van der Waals surface area (Å²) in [7, 11) is 0. The molecule has 1 aliphatic heterocycles. The van der Waals surface area contributed by atoms with Crippen molar-refractivity contribution in [2.75, 3.05) is 25.0 Å². The summed E-state index contributed by atoms with van der Waals surface area (Å²) in [6.07, 6.45) is 4.86. The lowest BCUT2D eigenvalue weighted by atomic mass is 10.00. The Kier molecular flexibility index (Phi) is 7.33.